The highest BCUT2D eigenvalue weighted by Gasteiger charge is 2.38. The molecule has 2 unspecified atom stereocenters. The van der Waals surface area contributed by atoms with E-state index in [9.17, 15) is 13.9 Å². The monoisotopic (exact) mass is 269 g/mol. The van der Waals surface area contributed by atoms with Crippen LogP contribution >= 0.6 is 0 Å². The summed E-state index contributed by atoms with van der Waals surface area (Å²) < 4.78 is 31.6. The van der Waals surface area contributed by atoms with E-state index in [1.165, 1.54) is 6.26 Å². The zero-order chi connectivity index (χ0) is 13.9. The van der Waals surface area contributed by atoms with E-state index in [4.69, 9.17) is 4.42 Å². The molecule has 0 saturated heterocycles. The Balaban J connectivity index is 2.43. The minimum absolute atomic E-state index is 0.307. The van der Waals surface area contributed by atoms with Gasteiger partial charge in [-0.1, -0.05) is 19.1 Å². The van der Waals surface area contributed by atoms with Gasteiger partial charge in [-0.3, -0.25) is 0 Å². The van der Waals surface area contributed by atoms with E-state index >= 15 is 0 Å². The molecule has 1 aromatic heterocycles. The molecule has 0 radical (unpaired) electrons. The minimum atomic E-state index is -1.90. The van der Waals surface area contributed by atoms with Crippen molar-refractivity contribution in [2.24, 2.45) is 0 Å². The van der Waals surface area contributed by atoms with Gasteiger partial charge in [0.2, 0.25) is 0 Å². The molecule has 1 heterocycles. The summed E-state index contributed by atoms with van der Waals surface area (Å²) in [6, 6.07) is 5.64. The SMILES string of the molecule is CCNC(CF)C(O)(CF)c1ccc2ccoc2c1. The van der Waals surface area contributed by atoms with Gasteiger partial charge in [0.1, 0.15) is 24.5 Å². The molecule has 0 amide bonds. The van der Waals surface area contributed by atoms with Crippen LogP contribution in [0.4, 0.5) is 8.78 Å². The van der Waals surface area contributed by atoms with E-state index in [0.29, 0.717) is 17.7 Å². The lowest BCUT2D eigenvalue weighted by Crippen LogP contribution is -2.51. The molecule has 0 fully saturated rings. The Morgan fingerprint density at radius 3 is 2.79 bits per heavy atom. The largest absolute Gasteiger partial charge is 0.464 e. The highest BCUT2D eigenvalue weighted by molar-refractivity contribution is 5.77. The number of fused-ring (bicyclic) bond motifs is 1. The first-order valence-electron chi connectivity index (χ1n) is 6.21. The van der Waals surface area contributed by atoms with Gasteiger partial charge in [-0.15, -0.1) is 0 Å². The molecule has 0 saturated carbocycles. The molecule has 0 aliphatic rings. The Kier molecular flexibility index (Phi) is 4.17. The molecule has 0 aliphatic carbocycles. The van der Waals surface area contributed by atoms with Crippen molar-refractivity contribution < 1.29 is 18.3 Å². The summed E-state index contributed by atoms with van der Waals surface area (Å²) in [5, 5.41) is 14.1. The van der Waals surface area contributed by atoms with Gasteiger partial charge < -0.3 is 14.8 Å². The molecule has 19 heavy (non-hydrogen) atoms. The minimum Gasteiger partial charge on any atom is -0.464 e. The number of benzene rings is 1. The Morgan fingerprint density at radius 1 is 1.37 bits per heavy atom. The second-order valence-corrected chi connectivity index (χ2v) is 4.50. The van der Waals surface area contributed by atoms with Gasteiger partial charge in [-0.25, -0.2) is 8.78 Å². The molecular formula is C14H17F2NO2. The zero-order valence-electron chi connectivity index (χ0n) is 10.7. The van der Waals surface area contributed by atoms with Gasteiger partial charge in [0, 0.05) is 5.39 Å². The summed E-state index contributed by atoms with van der Waals surface area (Å²) in [7, 11) is 0. The summed E-state index contributed by atoms with van der Waals surface area (Å²) in [5.74, 6) is 0. The average molecular weight is 269 g/mol. The predicted molar refractivity (Wildman–Crippen MR) is 69.5 cm³/mol. The van der Waals surface area contributed by atoms with Crippen molar-refractivity contribution in [2.75, 3.05) is 19.9 Å². The van der Waals surface area contributed by atoms with Crippen molar-refractivity contribution in [3.8, 4) is 0 Å². The maximum absolute atomic E-state index is 13.3. The molecular weight excluding hydrogens is 252 g/mol. The molecule has 2 atom stereocenters. The highest BCUT2D eigenvalue weighted by atomic mass is 19.1. The zero-order valence-corrected chi connectivity index (χ0v) is 10.7. The molecule has 0 aliphatic heterocycles. The number of aliphatic hydroxyl groups is 1. The number of hydrogen-bond acceptors (Lipinski definition) is 3. The van der Waals surface area contributed by atoms with E-state index in [-0.39, 0.29) is 0 Å². The Hall–Kier alpha value is -1.46. The van der Waals surface area contributed by atoms with Gasteiger partial charge in [0.05, 0.1) is 12.3 Å². The van der Waals surface area contributed by atoms with Crippen molar-refractivity contribution in [3.05, 3.63) is 36.1 Å². The molecule has 0 bridgehead atoms. The normalized spacial score (nSPS) is 16.4. The van der Waals surface area contributed by atoms with Crippen LogP contribution in [0.15, 0.2) is 34.9 Å². The van der Waals surface area contributed by atoms with E-state index < -0.39 is 25.0 Å². The van der Waals surface area contributed by atoms with Crippen LogP contribution in [0.3, 0.4) is 0 Å². The van der Waals surface area contributed by atoms with Crippen LogP contribution in [0.5, 0.6) is 0 Å². The van der Waals surface area contributed by atoms with Gasteiger partial charge in [0.15, 0.2) is 0 Å². The number of rotatable bonds is 6. The molecule has 3 nitrogen and oxygen atoms in total. The van der Waals surface area contributed by atoms with Crippen LogP contribution in [0.25, 0.3) is 11.0 Å². The van der Waals surface area contributed by atoms with Crippen molar-refractivity contribution in [1.82, 2.24) is 5.32 Å². The third kappa shape index (κ3) is 2.48. The second kappa shape index (κ2) is 5.67. The van der Waals surface area contributed by atoms with Crippen LogP contribution in [0, 0.1) is 0 Å². The standard InChI is InChI=1S/C14H17F2NO2/c1-2-17-13(8-15)14(18,9-16)11-4-3-10-5-6-19-12(10)7-11/h3-7,13,17-18H,2,8-9H2,1H3. The highest BCUT2D eigenvalue weighted by Crippen LogP contribution is 2.29. The van der Waals surface area contributed by atoms with Gasteiger partial charge in [-0.05, 0) is 24.2 Å². The summed E-state index contributed by atoms with van der Waals surface area (Å²) in [6.07, 6.45) is 1.51. The second-order valence-electron chi connectivity index (χ2n) is 4.50. The summed E-state index contributed by atoms with van der Waals surface area (Å²) in [5.41, 5.74) is -1.05. The van der Waals surface area contributed by atoms with Crippen LogP contribution in [-0.4, -0.2) is 31.0 Å². The Labute approximate surface area is 110 Å². The fraction of sp³-hybridized carbons (Fsp3) is 0.429. The number of hydrogen-bond donors (Lipinski definition) is 2. The maximum Gasteiger partial charge on any atom is 0.136 e. The molecule has 2 rings (SSSR count). The van der Waals surface area contributed by atoms with Crippen LogP contribution < -0.4 is 5.32 Å². The van der Waals surface area contributed by atoms with Crippen LogP contribution in [0.2, 0.25) is 0 Å². The molecule has 5 heteroatoms. The van der Waals surface area contributed by atoms with E-state index in [2.05, 4.69) is 5.32 Å². The van der Waals surface area contributed by atoms with E-state index in [1.54, 1.807) is 31.2 Å². The first-order valence-corrected chi connectivity index (χ1v) is 6.21. The topological polar surface area (TPSA) is 45.4 Å². The molecule has 1 aromatic carbocycles. The van der Waals surface area contributed by atoms with Crippen molar-refractivity contribution in [2.45, 2.75) is 18.6 Å². The first-order chi connectivity index (χ1) is 9.15. The van der Waals surface area contributed by atoms with Gasteiger partial charge in [0.25, 0.3) is 0 Å². The maximum atomic E-state index is 13.3. The molecule has 2 aromatic rings. The molecule has 2 N–H and O–H groups in total. The van der Waals surface area contributed by atoms with Crippen molar-refractivity contribution in [1.29, 1.82) is 0 Å². The first kappa shape index (κ1) is 14.0. The van der Waals surface area contributed by atoms with Crippen molar-refractivity contribution >= 4 is 11.0 Å². The fourth-order valence-corrected chi connectivity index (χ4v) is 2.19. The molecule has 104 valence electrons. The van der Waals surface area contributed by atoms with Crippen LogP contribution in [0.1, 0.15) is 12.5 Å². The van der Waals surface area contributed by atoms with E-state index in [1.807, 2.05) is 0 Å². The van der Waals surface area contributed by atoms with Crippen LogP contribution in [-0.2, 0) is 5.60 Å². The quantitative estimate of drug-likeness (QED) is 0.847. The van der Waals surface area contributed by atoms with Gasteiger partial charge >= 0.3 is 0 Å². The molecule has 0 spiro atoms. The predicted octanol–water partition coefficient (Wildman–Crippen LogP) is 2.54. The fourth-order valence-electron chi connectivity index (χ4n) is 2.19. The number of furan rings is 1. The third-order valence-corrected chi connectivity index (χ3v) is 3.34. The Morgan fingerprint density at radius 2 is 2.16 bits per heavy atom. The lowest BCUT2D eigenvalue weighted by molar-refractivity contribution is -0.0311. The average Bonchev–Trinajstić information content (AvgIpc) is 2.91. The summed E-state index contributed by atoms with van der Waals surface area (Å²) in [4.78, 5) is 0. The number of nitrogens with one attached hydrogen (secondary N) is 1. The van der Waals surface area contributed by atoms with E-state index in [0.717, 1.165) is 5.39 Å². The van der Waals surface area contributed by atoms with Gasteiger partial charge in [-0.2, -0.15) is 0 Å². The third-order valence-electron chi connectivity index (χ3n) is 3.34. The van der Waals surface area contributed by atoms with Crippen molar-refractivity contribution in [3.63, 3.8) is 0 Å². The summed E-state index contributed by atoms with van der Waals surface area (Å²) in [6.45, 7) is 0.294. The smallest absolute Gasteiger partial charge is 0.136 e. The number of halogens is 2. The number of likely N-dealkylation sites (N-methyl/N-ethyl adjacent to an activating group) is 1. The summed E-state index contributed by atoms with van der Waals surface area (Å²) >= 11 is 0. The Bertz CT molecular complexity index is 543. The lowest BCUT2D eigenvalue weighted by Gasteiger charge is -2.33. The lowest BCUT2D eigenvalue weighted by atomic mass is 9.87. The number of alkyl halides is 2.